The lowest BCUT2D eigenvalue weighted by molar-refractivity contribution is 0.0772. The molecule has 0 fully saturated rings. The van der Waals surface area contributed by atoms with Gasteiger partial charge in [-0.05, 0) is 26.2 Å². The lowest BCUT2D eigenvalue weighted by Gasteiger charge is -2.26. The molecule has 6 heteroatoms. The van der Waals surface area contributed by atoms with E-state index in [1.807, 2.05) is 14.0 Å². The molecule has 5 nitrogen and oxygen atoms in total. The number of carbonyl (C=O) groups is 1. The third kappa shape index (κ3) is 2.47. The number of fused-ring (bicyclic) bond motifs is 1. The van der Waals surface area contributed by atoms with E-state index in [0.29, 0.717) is 18.2 Å². The highest BCUT2D eigenvalue weighted by atomic mass is 32.1. The first-order chi connectivity index (χ1) is 9.65. The van der Waals surface area contributed by atoms with E-state index in [4.69, 9.17) is 4.52 Å². The van der Waals surface area contributed by atoms with Gasteiger partial charge in [-0.15, -0.1) is 11.3 Å². The molecule has 106 valence electrons. The second kappa shape index (κ2) is 5.36. The predicted molar refractivity (Wildman–Crippen MR) is 76.0 cm³/mol. The van der Waals surface area contributed by atoms with Crippen LogP contribution in [0.4, 0.5) is 0 Å². The molecule has 1 aliphatic carbocycles. The van der Waals surface area contributed by atoms with Crippen LogP contribution in [0.1, 0.15) is 44.8 Å². The summed E-state index contributed by atoms with van der Waals surface area (Å²) in [5.41, 5.74) is 1.55. The molecule has 0 aliphatic heterocycles. The van der Waals surface area contributed by atoms with Gasteiger partial charge in [-0.3, -0.25) is 4.79 Å². The molecule has 20 heavy (non-hydrogen) atoms. The van der Waals surface area contributed by atoms with Crippen LogP contribution < -0.4 is 0 Å². The highest BCUT2D eigenvalue weighted by Gasteiger charge is 2.27. The first kappa shape index (κ1) is 13.3. The number of aryl methyl sites for hydroxylation is 2. The summed E-state index contributed by atoms with van der Waals surface area (Å²) in [6.07, 6.45) is 4.81. The van der Waals surface area contributed by atoms with Gasteiger partial charge >= 0.3 is 0 Å². The van der Waals surface area contributed by atoms with E-state index in [-0.39, 0.29) is 5.91 Å². The van der Waals surface area contributed by atoms with E-state index >= 15 is 0 Å². The maximum atomic E-state index is 12.2. The molecule has 0 spiro atoms. The molecule has 1 atom stereocenters. The van der Waals surface area contributed by atoms with Crippen molar-refractivity contribution in [2.24, 2.45) is 0 Å². The highest BCUT2D eigenvalue weighted by Crippen LogP contribution is 2.35. The standard InChI is InChI=1S/C14H17N3O2S/c1-9-15-13-10(4-3-5-12(13)20-9)8-17(2)14(18)11-6-7-19-16-11/h6-7,10H,3-5,8H2,1-2H3/t10-/m1/s1. The smallest absolute Gasteiger partial charge is 0.275 e. The Morgan fingerprint density at radius 2 is 2.45 bits per heavy atom. The summed E-state index contributed by atoms with van der Waals surface area (Å²) in [5.74, 6) is 0.238. The summed E-state index contributed by atoms with van der Waals surface area (Å²) in [6, 6.07) is 1.60. The summed E-state index contributed by atoms with van der Waals surface area (Å²) in [5, 5.41) is 4.82. The van der Waals surface area contributed by atoms with Gasteiger partial charge < -0.3 is 9.42 Å². The first-order valence-electron chi connectivity index (χ1n) is 6.77. The van der Waals surface area contributed by atoms with Gasteiger partial charge in [0.05, 0.1) is 10.7 Å². The molecule has 0 aromatic carbocycles. The van der Waals surface area contributed by atoms with Crippen LogP contribution in [0.25, 0.3) is 0 Å². The van der Waals surface area contributed by atoms with E-state index in [1.165, 1.54) is 23.3 Å². The van der Waals surface area contributed by atoms with Crippen molar-refractivity contribution in [1.29, 1.82) is 0 Å². The van der Waals surface area contributed by atoms with Gasteiger partial charge in [0, 0.05) is 30.5 Å². The zero-order valence-electron chi connectivity index (χ0n) is 11.6. The minimum atomic E-state index is -0.0992. The number of thiazole rings is 1. The summed E-state index contributed by atoms with van der Waals surface area (Å²) in [4.78, 5) is 19.9. The maximum absolute atomic E-state index is 12.2. The van der Waals surface area contributed by atoms with Crippen LogP contribution in [0.15, 0.2) is 16.9 Å². The molecular formula is C14H17N3O2S. The van der Waals surface area contributed by atoms with Gasteiger partial charge in [-0.25, -0.2) is 4.98 Å². The Morgan fingerprint density at radius 3 is 3.20 bits per heavy atom. The van der Waals surface area contributed by atoms with Gasteiger partial charge in [-0.1, -0.05) is 5.16 Å². The van der Waals surface area contributed by atoms with E-state index in [2.05, 4.69) is 10.1 Å². The van der Waals surface area contributed by atoms with Crippen molar-refractivity contribution in [3.8, 4) is 0 Å². The highest BCUT2D eigenvalue weighted by molar-refractivity contribution is 7.11. The maximum Gasteiger partial charge on any atom is 0.275 e. The van der Waals surface area contributed by atoms with Gasteiger partial charge in [-0.2, -0.15) is 0 Å². The monoisotopic (exact) mass is 291 g/mol. The van der Waals surface area contributed by atoms with Crippen molar-refractivity contribution in [2.45, 2.75) is 32.1 Å². The van der Waals surface area contributed by atoms with Crippen LogP contribution in [0.2, 0.25) is 0 Å². The Balaban J connectivity index is 1.74. The summed E-state index contributed by atoms with van der Waals surface area (Å²) in [6.45, 7) is 2.73. The van der Waals surface area contributed by atoms with Gasteiger partial charge in [0.15, 0.2) is 5.69 Å². The SMILES string of the molecule is Cc1nc2c(s1)CCC[C@@H]2CN(C)C(=O)c1ccon1. The van der Waals surface area contributed by atoms with E-state index in [9.17, 15) is 4.79 Å². The largest absolute Gasteiger partial charge is 0.364 e. The Kier molecular flexibility index (Phi) is 3.56. The van der Waals surface area contributed by atoms with Crippen molar-refractivity contribution in [3.63, 3.8) is 0 Å². The molecule has 0 saturated heterocycles. The third-order valence-electron chi connectivity index (χ3n) is 3.68. The Morgan fingerprint density at radius 1 is 1.60 bits per heavy atom. The van der Waals surface area contributed by atoms with Crippen molar-refractivity contribution in [2.75, 3.05) is 13.6 Å². The first-order valence-corrected chi connectivity index (χ1v) is 7.59. The zero-order chi connectivity index (χ0) is 14.1. The number of aromatic nitrogens is 2. The lowest BCUT2D eigenvalue weighted by Crippen LogP contribution is -2.32. The number of rotatable bonds is 3. The van der Waals surface area contributed by atoms with Crippen LogP contribution in [0.5, 0.6) is 0 Å². The van der Waals surface area contributed by atoms with Crippen molar-refractivity contribution in [1.82, 2.24) is 15.0 Å². The fourth-order valence-electron chi connectivity index (χ4n) is 2.74. The topological polar surface area (TPSA) is 59.2 Å². The minimum absolute atomic E-state index is 0.0992. The summed E-state index contributed by atoms with van der Waals surface area (Å²) in [7, 11) is 1.81. The lowest BCUT2D eigenvalue weighted by atomic mass is 9.90. The van der Waals surface area contributed by atoms with Crippen LogP contribution in [0, 0.1) is 6.92 Å². The van der Waals surface area contributed by atoms with Crippen molar-refractivity contribution in [3.05, 3.63) is 33.6 Å². The fraction of sp³-hybridized carbons (Fsp3) is 0.500. The van der Waals surface area contributed by atoms with Crippen molar-refractivity contribution < 1.29 is 9.32 Å². The molecule has 2 aromatic heterocycles. The van der Waals surface area contributed by atoms with Gasteiger partial charge in [0.25, 0.3) is 5.91 Å². The summed E-state index contributed by atoms with van der Waals surface area (Å²) >= 11 is 1.79. The Hall–Kier alpha value is -1.69. The number of likely N-dealkylation sites (N-methyl/N-ethyl adjacent to an activating group) is 1. The number of amides is 1. The molecule has 1 aliphatic rings. The second-order valence-corrected chi connectivity index (χ2v) is 6.49. The summed E-state index contributed by atoms with van der Waals surface area (Å²) < 4.78 is 4.73. The molecule has 2 aromatic rings. The second-order valence-electron chi connectivity index (χ2n) is 5.20. The van der Waals surface area contributed by atoms with Crippen LogP contribution in [-0.2, 0) is 6.42 Å². The predicted octanol–water partition coefficient (Wildman–Crippen LogP) is 2.63. The fourth-order valence-corrected chi connectivity index (χ4v) is 3.80. The normalized spacial score (nSPS) is 17.8. The molecule has 3 rings (SSSR count). The van der Waals surface area contributed by atoms with E-state index in [1.54, 1.807) is 22.3 Å². The molecule has 0 radical (unpaired) electrons. The van der Waals surface area contributed by atoms with E-state index in [0.717, 1.165) is 17.8 Å². The van der Waals surface area contributed by atoms with Gasteiger partial charge in [0.1, 0.15) is 6.26 Å². The number of hydrogen-bond donors (Lipinski definition) is 0. The van der Waals surface area contributed by atoms with Crippen LogP contribution >= 0.6 is 11.3 Å². The molecule has 0 bridgehead atoms. The average Bonchev–Trinajstić information content (AvgIpc) is 3.06. The number of carbonyl (C=O) groups excluding carboxylic acids is 1. The Bertz CT molecular complexity index is 606. The number of hydrogen-bond acceptors (Lipinski definition) is 5. The minimum Gasteiger partial charge on any atom is -0.364 e. The number of nitrogens with zero attached hydrogens (tertiary/aromatic N) is 3. The quantitative estimate of drug-likeness (QED) is 0.872. The Labute approximate surface area is 121 Å². The average molecular weight is 291 g/mol. The van der Waals surface area contributed by atoms with Crippen LogP contribution in [0.3, 0.4) is 0 Å². The van der Waals surface area contributed by atoms with E-state index < -0.39 is 0 Å². The molecule has 0 N–H and O–H groups in total. The zero-order valence-corrected chi connectivity index (χ0v) is 12.4. The third-order valence-corrected chi connectivity index (χ3v) is 4.72. The molecule has 0 saturated carbocycles. The van der Waals surface area contributed by atoms with Crippen molar-refractivity contribution >= 4 is 17.2 Å². The molecule has 0 unspecified atom stereocenters. The van der Waals surface area contributed by atoms with Gasteiger partial charge in [0.2, 0.25) is 0 Å². The molecule has 1 amide bonds. The molecule has 2 heterocycles. The molecular weight excluding hydrogens is 274 g/mol. The van der Waals surface area contributed by atoms with Crippen LogP contribution in [-0.4, -0.2) is 34.5 Å².